The molecule has 0 fully saturated rings. The van der Waals surface area contributed by atoms with Crippen molar-refractivity contribution < 1.29 is 28.2 Å². The van der Waals surface area contributed by atoms with Crippen molar-refractivity contribution in [1.82, 2.24) is 0 Å². The van der Waals surface area contributed by atoms with Crippen LogP contribution in [0.15, 0.2) is 67.3 Å². The van der Waals surface area contributed by atoms with Crippen LogP contribution in [0.5, 0.6) is 11.5 Å². The van der Waals surface area contributed by atoms with Gasteiger partial charge in [0.2, 0.25) is 11.2 Å². The molecule has 152 valence electrons. The SMILES string of the molecule is COC(=O)C[C@@H](c1ccco1)c1oc(CSc2ccc(OC)cc2)cc(=O)c1O. The van der Waals surface area contributed by atoms with Crippen LogP contribution in [-0.2, 0) is 15.3 Å². The third-order valence-electron chi connectivity index (χ3n) is 4.24. The molecule has 2 heterocycles. The molecule has 0 spiro atoms. The second-order valence-corrected chi connectivity index (χ2v) is 7.15. The third kappa shape index (κ3) is 5.03. The summed E-state index contributed by atoms with van der Waals surface area (Å²) in [6.45, 7) is 0. The van der Waals surface area contributed by atoms with E-state index in [1.807, 2.05) is 24.3 Å². The highest BCUT2D eigenvalue weighted by molar-refractivity contribution is 7.98. The number of methoxy groups -OCH3 is 2. The second kappa shape index (κ2) is 9.38. The molecule has 7 nitrogen and oxygen atoms in total. The summed E-state index contributed by atoms with van der Waals surface area (Å²) in [5.41, 5.74) is -0.585. The molecule has 0 bridgehead atoms. The minimum absolute atomic E-state index is 0.0248. The molecule has 0 saturated heterocycles. The van der Waals surface area contributed by atoms with E-state index in [0.29, 0.717) is 17.3 Å². The predicted molar refractivity (Wildman–Crippen MR) is 106 cm³/mol. The van der Waals surface area contributed by atoms with Crippen LogP contribution < -0.4 is 10.2 Å². The first-order valence-corrected chi connectivity index (χ1v) is 9.73. The molecule has 3 aromatic rings. The van der Waals surface area contributed by atoms with Gasteiger partial charge in [0, 0.05) is 11.0 Å². The van der Waals surface area contributed by atoms with Gasteiger partial charge in [-0.1, -0.05) is 0 Å². The highest BCUT2D eigenvalue weighted by atomic mass is 32.2. The van der Waals surface area contributed by atoms with Gasteiger partial charge in [-0.15, -0.1) is 11.8 Å². The molecule has 2 aromatic heterocycles. The van der Waals surface area contributed by atoms with Gasteiger partial charge in [0.25, 0.3) is 0 Å². The summed E-state index contributed by atoms with van der Waals surface area (Å²) >= 11 is 1.46. The molecule has 1 aromatic carbocycles. The fourth-order valence-electron chi connectivity index (χ4n) is 2.75. The lowest BCUT2D eigenvalue weighted by Gasteiger charge is -2.15. The zero-order valence-electron chi connectivity index (χ0n) is 15.9. The summed E-state index contributed by atoms with van der Waals surface area (Å²) in [4.78, 5) is 25.1. The Kier molecular flexibility index (Phi) is 6.66. The smallest absolute Gasteiger partial charge is 0.306 e. The third-order valence-corrected chi connectivity index (χ3v) is 5.28. The van der Waals surface area contributed by atoms with Crippen molar-refractivity contribution in [2.24, 2.45) is 0 Å². The summed E-state index contributed by atoms with van der Waals surface area (Å²) in [6, 6.07) is 12.0. The van der Waals surface area contributed by atoms with Crippen molar-refractivity contribution in [3.63, 3.8) is 0 Å². The van der Waals surface area contributed by atoms with E-state index in [9.17, 15) is 14.7 Å². The maximum Gasteiger partial charge on any atom is 0.306 e. The van der Waals surface area contributed by atoms with Crippen molar-refractivity contribution in [2.75, 3.05) is 14.2 Å². The number of hydrogen-bond donors (Lipinski definition) is 1. The van der Waals surface area contributed by atoms with E-state index in [1.54, 1.807) is 19.2 Å². The van der Waals surface area contributed by atoms with Crippen molar-refractivity contribution >= 4 is 17.7 Å². The van der Waals surface area contributed by atoms with Gasteiger partial charge in [-0.05, 0) is 36.4 Å². The number of hydrogen-bond acceptors (Lipinski definition) is 8. The van der Waals surface area contributed by atoms with Crippen LogP contribution in [0, 0.1) is 0 Å². The monoisotopic (exact) mass is 416 g/mol. The first kappa shape index (κ1) is 20.6. The molecule has 8 heteroatoms. The van der Waals surface area contributed by atoms with E-state index in [4.69, 9.17) is 18.3 Å². The predicted octanol–water partition coefficient (Wildman–Crippen LogP) is 3.93. The molecule has 0 radical (unpaired) electrons. The summed E-state index contributed by atoms with van der Waals surface area (Å²) in [7, 11) is 2.86. The van der Waals surface area contributed by atoms with Gasteiger partial charge >= 0.3 is 5.97 Å². The van der Waals surface area contributed by atoms with E-state index in [1.165, 1.54) is 31.2 Å². The van der Waals surface area contributed by atoms with Crippen LogP contribution >= 0.6 is 11.8 Å². The quantitative estimate of drug-likeness (QED) is 0.436. The molecule has 1 atom stereocenters. The molecule has 0 aliphatic rings. The number of ether oxygens (including phenoxy) is 2. The molecule has 0 unspecified atom stereocenters. The largest absolute Gasteiger partial charge is 0.502 e. The number of rotatable bonds is 8. The van der Waals surface area contributed by atoms with Crippen molar-refractivity contribution in [1.29, 1.82) is 0 Å². The van der Waals surface area contributed by atoms with E-state index in [0.717, 1.165) is 10.6 Å². The number of carbonyl (C=O) groups is 1. The Bertz CT molecular complexity index is 1010. The van der Waals surface area contributed by atoms with Gasteiger partial charge in [0.05, 0.1) is 38.6 Å². The zero-order valence-corrected chi connectivity index (χ0v) is 16.7. The van der Waals surface area contributed by atoms with Gasteiger partial charge in [-0.3, -0.25) is 9.59 Å². The first-order chi connectivity index (χ1) is 14.0. The highest BCUT2D eigenvalue weighted by Crippen LogP contribution is 2.34. The van der Waals surface area contributed by atoms with E-state index >= 15 is 0 Å². The van der Waals surface area contributed by atoms with Crippen LogP contribution in [-0.4, -0.2) is 25.3 Å². The molecule has 0 aliphatic carbocycles. The molecule has 0 aliphatic heterocycles. The molecule has 0 amide bonds. The Morgan fingerprint density at radius 1 is 1.21 bits per heavy atom. The van der Waals surface area contributed by atoms with Crippen LogP contribution in [0.25, 0.3) is 0 Å². The summed E-state index contributed by atoms with van der Waals surface area (Å²) in [5, 5.41) is 10.3. The van der Waals surface area contributed by atoms with Crippen LogP contribution in [0.4, 0.5) is 0 Å². The minimum atomic E-state index is -0.781. The average Bonchev–Trinajstić information content (AvgIpc) is 3.27. The zero-order chi connectivity index (χ0) is 20.8. The average molecular weight is 416 g/mol. The maximum atomic E-state index is 12.3. The van der Waals surface area contributed by atoms with Crippen LogP contribution in [0.3, 0.4) is 0 Å². The molecule has 0 saturated carbocycles. The van der Waals surface area contributed by atoms with E-state index < -0.39 is 23.1 Å². The van der Waals surface area contributed by atoms with Crippen LogP contribution in [0.2, 0.25) is 0 Å². The van der Waals surface area contributed by atoms with Crippen molar-refractivity contribution in [3.8, 4) is 11.5 Å². The van der Waals surface area contributed by atoms with Gasteiger partial charge < -0.3 is 23.4 Å². The lowest BCUT2D eigenvalue weighted by Crippen LogP contribution is -2.13. The molecule has 1 N–H and O–H groups in total. The Morgan fingerprint density at radius 2 is 1.97 bits per heavy atom. The van der Waals surface area contributed by atoms with E-state index in [2.05, 4.69) is 0 Å². The Hall–Kier alpha value is -3.13. The van der Waals surface area contributed by atoms with Gasteiger partial charge in [-0.2, -0.15) is 0 Å². The maximum absolute atomic E-state index is 12.3. The first-order valence-electron chi connectivity index (χ1n) is 8.74. The van der Waals surface area contributed by atoms with Gasteiger partial charge in [-0.25, -0.2) is 0 Å². The minimum Gasteiger partial charge on any atom is -0.502 e. The number of thioether (sulfide) groups is 1. The van der Waals surface area contributed by atoms with Gasteiger partial charge in [0.1, 0.15) is 17.3 Å². The lowest BCUT2D eigenvalue weighted by atomic mass is 9.98. The number of benzene rings is 1. The number of carbonyl (C=O) groups excluding carboxylic acids is 1. The normalized spacial score (nSPS) is 11.8. The Balaban J connectivity index is 1.88. The number of esters is 1. The summed E-state index contributed by atoms with van der Waals surface area (Å²) in [6.07, 6.45) is 1.30. The molecule has 3 rings (SSSR count). The topological polar surface area (TPSA) is 99.1 Å². The summed E-state index contributed by atoms with van der Waals surface area (Å²) < 4.78 is 21.1. The lowest BCUT2D eigenvalue weighted by molar-refractivity contribution is -0.141. The highest BCUT2D eigenvalue weighted by Gasteiger charge is 2.28. The van der Waals surface area contributed by atoms with E-state index in [-0.39, 0.29) is 12.2 Å². The van der Waals surface area contributed by atoms with Crippen LogP contribution in [0.1, 0.15) is 29.6 Å². The Labute approximate surface area is 171 Å². The molecular weight excluding hydrogens is 396 g/mol. The second-order valence-electron chi connectivity index (χ2n) is 6.10. The number of furan rings is 1. The number of aromatic hydroxyl groups is 1. The van der Waals surface area contributed by atoms with Crippen molar-refractivity contribution in [3.05, 3.63) is 76.2 Å². The fourth-order valence-corrected chi connectivity index (χ4v) is 3.53. The van der Waals surface area contributed by atoms with Gasteiger partial charge in [0.15, 0.2) is 5.76 Å². The molecule has 29 heavy (non-hydrogen) atoms. The summed E-state index contributed by atoms with van der Waals surface area (Å²) in [5.74, 6) is -0.0206. The fraction of sp³-hybridized carbons (Fsp3) is 0.238. The van der Waals surface area contributed by atoms with Crippen molar-refractivity contribution in [2.45, 2.75) is 23.0 Å². The Morgan fingerprint density at radius 3 is 2.59 bits per heavy atom. The molecular formula is C21H20O7S. The standard InChI is InChI=1S/C21H20O7S/c1-25-13-5-7-15(8-6-13)29-12-14-10-17(22)20(24)21(28-14)16(11-19(23)26-2)18-4-3-9-27-18/h3-10,16,24H,11-12H2,1-2H3/t16-/m0/s1.